The summed E-state index contributed by atoms with van der Waals surface area (Å²) in [6, 6.07) is 0.500. The van der Waals surface area contributed by atoms with Gasteiger partial charge in [-0.1, -0.05) is 0 Å². The Balaban J connectivity index is 1.54. The van der Waals surface area contributed by atoms with E-state index in [0.717, 1.165) is 18.5 Å². The Morgan fingerprint density at radius 2 is 2.08 bits per heavy atom. The van der Waals surface area contributed by atoms with Gasteiger partial charge < -0.3 is 19.9 Å². The topological polar surface area (TPSA) is 99.2 Å². The molecule has 1 aliphatic heterocycles. The van der Waals surface area contributed by atoms with Crippen LogP contribution in [0.4, 0.5) is 10.6 Å². The van der Waals surface area contributed by atoms with Crippen molar-refractivity contribution in [2.75, 3.05) is 12.3 Å². The van der Waals surface area contributed by atoms with Crippen molar-refractivity contribution >= 4 is 23.1 Å². The molecule has 1 amide bonds. The summed E-state index contributed by atoms with van der Waals surface area (Å²) in [4.78, 5) is 26.9. The number of likely N-dealkylation sites (tertiary alicyclic amines) is 1. The molecule has 2 fully saturated rings. The summed E-state index contributed by atoms with van der Waals surface area (Å²) in [5.74, 6) is 0.786. The van der Waals surface area contributed by atoms with E-state index >= 15 is 0 Å². The molecular formula is C16H22N6O2. The molecule has 0 radical (unpaired) electrons. The molecule has 2 bridgehead atoms. The van der Waals surface area contributed by atoms with Crippen LogP contribution in [-0.2, 0) is 4.74 Å². The standard InChI is InChI=1S/C16H22N6O2/c1-16(2,3)24-15(23)21-6-9-4-10(21)5-11(9)22-8-20-12-13(17)18-7-19-14(12)22/h7-11H,4-6H2,1-3H3,(H2,17,18,19)/t9-,10-,11?/m1/s1. The van der Waals surface area contributed by atoms with Crippen LogP contribution >= 0.6 is 0 Å². The number of rotatable bonds is 1. The summed E-state index contributed by atoms with van der Waals surface area (Å²) in [5.41, 5.74) is 6.81. The zero-order valence-corrected chi connectivity index (χ0v) is 14.1. The number of nitrogens with two attached hydrogens (primary N) is 1. The molecule has 2 N–H and O–H groups in total. The fourth-order valence-corrected chi connectivity index (χ4v) is 3.92. The van der Waals surface area contributed by atoms with Gasteiger partial charge in [0.15, 0.2) is 11.5 Å². The molecule has 2 aromatic rings. The summed E-state index contributed by atoms with van der Waals surface area (Å²) in [6.07, 6.45) is 4.92. The van der Waals surface area contributed by atoms with Gasteiger partial charge in [0.25, 0.3) is 0 Å². The molecule has 1 saturated heterocycles. The number of hydrogen-bond donors (Lipinski definition) is 1. The number of piperidine rings is 1. The fourth-order valence-electron chi connectivity index (χ4n) is 3.92. The minimum Gasteiger partial charge on any atom is -0.444 e. The van der Waals surface area contributed by atoms with Crippen LogP contribution in [0.5, 0.6) is 0 Å². The summed E-state index contributed by atoms with van der Waals surface area (Å²) >= 11 is 0. The lowest BCUT2D eigenvalue weighted by Gasteiger charge is -2.33. The Morgan fingerprint density at radius 3 is 2.75 bits per heavy atom. The van der Waals surface area contributed by atoms with Gasteiger partial charge in [0.2, 0.25) is 0 Å². The van der Waals surface area contributed by atoms with Crippen LogP contribution in [0, 0.1) is 5.92 Å². The SMILES string of the molecule is CC(C)(C)OC(=O)N1C[C@H]2C[C@@H]1CC2n1cnc2c(N)ncnc21. The number of nitrogen functional groups attached to an aromatic ring is 1. The molecule has 3 atom stereocenters. The van der Waals surface area contributed by atoms with Crippen LogP contribution in [0.15, 0.2) is 12.7 Å². The highest BCUT2D eigenvalue weighted by atomic mass is 16.6. The summed E-state index contributed by atoms with van der Waals surface area (Å²) in [6.45, 7) is 6.39. The van der Waals surface area contributed by atoms with Gasteiger partial charge in [0.1, 0.15) is 17.4 Å². The van der Waals surface area contributed by atoms with Crippen molar-refractivity contribution in [2.24, 2.45) is 5.92 Å². The zero-order chi connectivity index (χ0) is 17.1. The normalized spacial score (nSPS) is 26.3. The quantitative estimate of drug-likeness (QED) is 0.858. The van der Waals surface area contributed by atoms with Crippen LogP contribution in [-0.4, -0.2) is 48.7 Å². The third-order valence-corrected chi connectivity index (χ3v) is 4.88. The second-order valence-corrected chi connectivity index (χ2v) is 7.67. The number of imidazole rings is 1. The highest BCUT2D eigenvalue weighted by Crippen LogP contribution is 2.46. The van der Waals surface area contributed by atoms with Crippen LogP contribution < -0.4 is 5.73 Å². The molecular weight excluding hydrogens is 308 g/mol. The highest BCUT2D eigenvalue weighted by Gasteiger charge is 2.48. The lowest BCUT2D eigenvalue weighted by Crippen LogP contribution is -2.43. The van der Waals surface area contributed by atoms with Gasteiger partial charge in [-0.15, -0.1) is 0 Å². The largest absolute Gasteiger partial charge is 0.444 e. The molecule has 128 valence electrons. The predicted octanol–water partition coefficient (Wildman–Crippen LogP) is 1.98. The Hall–Kier alpha value is -2.38. The summed E-state index contributed by atoms with van der Waals surface area (Å²) < 4.78 is 7.60. The van der Waals surface area contributed by atoms with E-state index in [2.05, 4.69) is 19.5 Å². The van der Waals surface area contributed by atoms with Crippen molar-refractivity contribution in [1.82, 2.24) is 24.4 Å². The number of amides is 1. The number of nitrogens with zero attached hydrogens (tertiary/aromatic N) is 5. The maximum atomic E-state index is 12.3. The first-order valence-electron chi connectivity index (χ1n) is 8.26. The molecule has 2 aromatic heterocycles. The Morgan fingerprint density at radius 1 is 1.29 bits per heavy atom. The van der Waals surface area contributed by atoms with Gasteiger partial charge in [-0.3, -0.25) is 0 Å². The minimum absolute atomic E-state index is 0.212. The van der Waals surface area contributed by atoms with Crippen molar-refractivity contribution in [3.8, 4) is 0 Å². The van der Waals surface area contributed by atoms with E-state index in [1.807, 2.05) is 25.7 Å². The van der Waals surface area contributed by atoms with Crippen molar-refractivity contribution in [1.29, 1.82) is 0 Å². The molecule has 1 aliphatic carbocycles. The maximum Gasteiger partial charge on any atom is 0.410 e. The first kappa shape index (κ1) is 15.2. The molecule has 1 saturated carbocycles. The third-order valence-electron chi connectivity index (χ3n) is 4.88. The van der Waals surface area contributed by atoms with Crippen molar-refractivity contribution in [3.05, 3.63) is 12.7 Å². The molecule has 3 heterocycles. The molecule has 0 spiro atoms. The lowest BCUT2D eigenvalue weighted by molar-refractivity contribution is 0.0167. The van der Waals surface area contributed by atoms with Gasteiger partial charge >= 0.3 is 6.09 Å². The monoisotopic (exact) mass is 330 g/mol. The number of fused-ring (bicyclic) bond motifs is 3. The molecule has 4 rings (SSSR count). The molecule has 8 nitrogen and oxygen atoms in total. The number of carbonyl (C=O) groups is 1. The summed E-state index contributed by atoms with van der Waals surface area (Å²) in [7, 11) is 0. The predicted molar refractivity (Wildman–Crippen MR) is 88.2 cm³/mol. The molecule has 8 heteroatoms. The Kier molecular flexibility index (Phi) is 3.20. The van der Waals surface area contributed by atoms with Crippen LogP contribution in [0.3, 0.4) is 0 Å². The Labute approximate surface area is 140 Å². The van der Waals surface area contributed by atoms with E-state index in [1.165, 1.54) is 6.33 Å². The van der Waals surface area contributed by atoms with E-state index in [4.69, 9.17) is 10.5 Å². The van der Waals surface area contributed by atoms with Crippen LogP contribution in [0.25, 0.3) is 11.2 Å². The van der Waals surface area contributed by atoms with E-state index in [-0.39, 0.29) is 18.2 Å². The number of carbonyl (C=O) groups excluding carboxylic acids is 1. The summed E-state index contributed by atoms with van der Waals surface area (Å²) in [5, 5.41) is 0. The molecule has 0 aromatic carbocycles. The van der Waals surface area contributed by atoms with Gasteiger partial charge in [-0.25, -0.2) is 19.7 Å². The maximum absolute atomic E-state index is 12.3. The molecule has 2 aliphatic rings. The third kappa shape index (κ3) is 2.37. The molecule has 24 heavy (non-hydrogen) atoms. The van der Waals surface area contributed by atoms with E-state index < -0.39 is 5.60 Å². The smallest absolute Gasteiger partial charge is 0.410 e. The van der Waals surface area contributed by atoms with E-state index in [9.17, 15) is 4.79 Å². The van der Waals surface area contributed by atoms with Gasteiger partial charge in [-0.2, -0.15) is 0 Å². The first-order valence-corrected chi connectivity index (χ1v) is 8.26. The minimum atomic E-state index is -0.465. The van der Waals surface area contributed by atoms with Crippen LogP contribution in [0.2, 0.25) is 0 Å². The second kappa shape index (κ2) is 5.06. The van der Waals surface area contributed by atoms with Crippen molar-refractivity contribution < 1.29 is 9.53 Å². The lowest BCUT2D eigenvalue weighted by atomic mass is 10.0. The van der Waals surface area contributed by atoms with Crippen molar-refractivity contribution in [3.63, 3.8) is 0 Å². The number of ether oxygens (including phenoxy) is 1. The van der Waals surface area contributed by atoms with Crippen LogP contribution in [0.1, 0.15) is 39.7 Å². The first-order chi connectivity index (χ1) is 11.3. The van der Waals surface area contributed by atoms with E-state index in [0.29, 0.717) is 23.8 Å². The number of anilines is 1. The fraction of sp³-hybridized carbons (Fsp3) is 0.625. The number of aromatic nitrogens is 4. The van der Waals surface area contributed by atoms with Gasteiger partial charge in [-0.05, 0) is 39.5 Å². The second-order valence-electron chi connectivity index (χ2n) is 7.67. The number of hydrogen-bond acceptors (Lipinski definition) is 6. The van der Waals surface area contributed by atoms with Crippen molar-refractivity contribution in [2.45, 2.75) is 51.3 Å². The Bertz CT molecular complexity index is 795. The van der Waals surface area contributed by atoms with E-state index in [1.54, 1.807) is 6.33 Å². The van der Waals surface area contributed by atoms with Gasteiger partial charge in [0, 0.05) is 18.6 Å². The average molecular weight is 330 g/mol. The van der Waals surface area contributed by atoms with Gasteiger partial charge in [0.05, 0.1) is 6.33 Å². The zero-order valence-electron chi connectivity index (χ0n) is 14.1. The average Bonchev–Trinajstić information content (AvgIpc) is 3.18. The molecule has 1 unspecified atom stereocenters. The highest BCUT2D eigenvalue weighted by molar-refractivity contribution is 5.81.